The van der Waals surface area contributed by atoms with Crippen molar-refractivity contribution in [2.45, 2.75) is 38.6 Å². The largest absolute Gasteiger partial charge is 0.497 e. The van der Waals surface area contributed by atoms with Crippen molar-refractivity contribution >= 4 is 5.91 Å². The van der Waals surface area contributed by atoms with Crippen LogP contribution in [0.3, 0.4) is 0 Å². The standard InChI is InChI=1S/C20H29N5O2/c1-15-19(22-23-25(15)17-10-12-21-13-11-17)20(26)24(2)14-4-5-16-6-8-18(27-3)9-7-16/h6-9,17,21H,4-5,10-14H2,1-3H3. The Hall–Kier alpha value is -2.41. The van der Waals surface area contributed by atoms with Crippen LogP contribution in [0.5, 0.6) is 5.75 Å². The number of rotatable bonds is 7. The molecule has 1 aliphatic rings. The summed E-state index contributed by atoms with van der Waals surface area (Å²) in [5.74, 6) is 0.806. The van der Waals surface area contributed by atoms with Crippen molar-refractivity contribution in [3.63, 3.8) is 0 Å². The lowest BCUT2D eigenvalue weighted by molar-refractivity contribution is 0.0787. The number of piperidine rings is 1. The second-order valence-corrected chi connectivity index (χ2v) is 7.13. The van der Waals surface area contributed by atoms with Crippen LogP contribution in [0.4, 0.5) is 0 Å². The van der Waals surface area contributed by atoms with Crippen LogP contribution in [-0.4, -0.2) is 59.6 Å². The molecule has 1 aromatic carbocycles. The van der Waals surface area contributed by atoms with Crippen molar-refractivity contribution in [3.05, 3.63) is 41.2 Å². The van der Waals surface area contributed by atoms with Crippen molar-refractivity contribution in [2.24, 2.45) is 0 Å². The van der Waals surface area contributed by atoms with Gasteiger partial charge in [-0.05, 0) is 63.4 Å². The number of carbonyl (C=O) groups is 1. The first-order valence-electron chi connectivity index (χ1n) is 9.61. The third kappa shape index (κ3) is 4.66. The van der Waals surface area contributed by atoms with Gasteiger partial charge in [-0.3, -0.25) is 4.79 Å². The molecule has 0 saturated carbocycles. The van der Waals surface area contributed by atoms with Gasteiger partial charge in [-0.25, -0.2) is 4.68 Å². The third-order valence-corrected chi connectivity index (χ3v) is 5.25. The molecule has 146 valence electrons. The minimum absolute atomic E-state index is 0.0533. The number of hydrogen-bond acceptors (Lipinski definition) is 5. The fraction of sp³-hybridized carbons (Fsp3) is 0.550. The molecule has 1 saturated heterocycles. The number of amides is 1. The second kappa shape index (κ2) is 8.99. The zero-order valence-electron chi connectivity index (χ0n) is 16.4. The van der Waals surface area contributed by atoms with E-state index in [1.54, 1.807) is 12.0 Å². The highest BCUT2D eigenvalue weighted by Gasteiger charge is 2.24. The van der Waals surface area contributed by atoms with Gasteiger partial charge in [0.1, 0.15) is 5.75 Å². The highest BCUT2D eigenvalue weighted by atomic mass is 16.5. The number of aryl methyl sites for hydroxylation is 1. The Bertz CT molecular complexity index is 750. The molecular formula is C20H29N5O2. The number of aromatic nitrogens is 3. The molecule has 0 radical (unpaired) electrons. The van der Waals surface area contributed by atoms with Crippen LogP contribution >= 0.6 is 0 Å². The molecule has 0 spiro atoms. The summed E-state index contributed by atoms with van der Waals surface area (Å²) >= 11 is 0. The molecule has 2 heterocycles. The Balaban J connectivity index is 1.54. The van der Waals surface area contributed by atoms with Crippen LogP contribution in [0.15, 0.2) is 24.3 Å². The van der Waals surface area contributed by atoms with E-state index in [1.807, 2.05) is 30.8 Å². The van der Waals surface area contributed by atoms with Crippen molar-refractivity contribution in [2.75, 3.05) is 33.8 Å². The minimum atomic E-state index is -0.0533. The number of ether oxygens (including phenoxy) is 1. The minimum Gasteiger partial charge on any atom is -0.497 e. The molecule has 0 aliphatic carbocycles. The van der Waals surface area contributed by atoms with E-state index in [1.165, 1.54) is 5.56 Å². The summed E-state index contributed by atoms with van der Waals surface area (Å²) in [7, 11) is 3.50. The SMILES string of the molecule is COc1ccc(CCCN(C)C(=O)c2nnn(C3CCNCC3)c2C)cc1. The van der Waals surface area contributed by atoms with E-state index in [9.17, 15) is 4.79 Å². The van der Waals surface area contributed by atoms with Crippen LogP contribution in [0.25, 0.3) is 0 Å². The van der Waals surface area contributed by atoms with Crippen LogP contribution in [0.2, 0.25) is 0 Å². The first-order chi connectivity index (χ1) is 13.1. The Morgan fingerprint density at radius 1 is 1.30 bits per heavy atom. The monoisotopic (exact) mass is 371 g/mol. The van der Waals surface area contributed by atoms with Gasteiger partial charge in [0.15, 0.2) is 5.69 Å². The molecule has 1 N–H and O–H groups in total. The van der Waals surface area contributed by atoms with E-state index in [2.05, 4.69) is 27.8 Å². The molecule has 0 bridgehead atoms. The van der Waals surface area contributed by atoms with Crippen LogP contribution < -0.4 is 10.1 Å². The molecule has 3 rings (SSSR count). The van der Waals surface area contributed by atoms with E-state index in [4.69, 9.17) is 4.74 Å². The predicted molar refractivity (Wildman–Crippen MR) is 104 cm³/mol. The van der Waals surface area contributed by atoms with Gasteiger partial charge >= 0.3 is 0 Å². The first kappa shape index (κ1) is 19.4. The van der Waals surface area contributed by atoms with Gasteiger partial charge in [-0.1, -0.05) is 17.3 Å². The van der Waals surface area contributed by atoms with Gasteiger partial charge in [-0.2, -0.15) is 0 Å². The Morgan fingerprint density at radius 3 is 2.67 bits per heavy atom. The quantitative estimate of drug-likeness (QED) is 0.808. The maximum Gasteiger partial charge on any atom is 0.276 e. The summed E-state index contributed by atoms with van der Waals surface area (Å²) in [6, 6.07) is 8.39. The van der Waals surface area contributed by atoms with E-state index in [0.29, 0.717) is 18.3 Å². The highest BCUT2D eigenvalue weighted by Crippen LogP contribution is 2.21. The number of carbonyl (C=O) groups excluding carboxylic acids is 1. The number of nitrogens with one attached hydrogen (secondary N) is 1. The molecule has 7 heteroatoms. The Labute approximate surface area is 160 Å². The summed E-state index contributed by atoms with van der Waals surface area (Å²) in [6.45, 7) is 4.60. The normalized spacial score (nSPS) is 14.9. The lowest BCUT2D eigenvalue weighted by atomic mass is 10.1. The molecule has 7 nitrogen and oxygen atoms in total. The van der Waals surface area contributed by atoms with Crippen molar-refractivity contribution < 1.29 is 9.53 Å². The van der Waals surface area contributed by atoms with E-state index in [0.717, 1.165) is 50.2 Å². The fourth-order valence-corrected chi connectivity index (χ4v) is 3.53. The Morgan fingerprint density at radius 2 is 2.00 bits per heavy atom. The highest BCUT2D eigenvalue weighted by molar-refractivity contribution is 5.93. The summed E-state index contributed by atoms with van der Waals surface area (Å²) in [6.07, 6.45) is 3.86. The number of benzene rings is 1. The molecule has 1 aliphatic heterocycles. The maximum atomic E-state index is 12.8. The lowest BCUT2D eigenvalue weighted by Gasteiger charge is -2.23. The fourth-order valence-electron chi connectivity index (χ4n) is 3.53. The van der Waals surface area contributed by atoms with Crippen molar-refractivity contribution in [1.29, 1.82) is 0 Å². The molecule has 0 atom stereocenters. The van der Waals surface area contributed by atoms with Gasteiger partial charge in [-0.15, -0.1) is 5.10 Å². The zero-order chi connectivity index (χ0) is 19.2. The maximum absolute atomic E-state index is 12.8. The summed E-state index contributed by atoms with van der Waals surface area (Å²) in [5.41, 5.74) is 2.58. The predicted octanol–water partition coefficient (Wildman–Crippen LogP) is 2.22. The van der Waals surface area contributed by atoms with Crippen LogP contribution in [0, 0.1) is 6.92 Å². The number of nitrogens with zero attached hydrogens (tertiary/aromatic N) is 4. The molecule has 1 fully saturated rings. The first-order valence-corrected chi connectivity index (χ1v) is 9.61. The molecule has 1 aromatic heterocycles. The molecular weight excluding hydrogens is 342 g/mol. The molecule has 27 heavy (non-hydrogen) atoms. The third-order valence-electron chi connectivity index (χ3n) is 5.25. The number of hydrogen-bond donors (Lipinski definition) is 1. The average molecular weight is 371 g/mol. The van der Waals surface area contributed by atoms with Gasteiger partial charge in [0.25, 0.3) is 5.91 Å². The van der Waals surface area contributed by atoms with Crippen molar-refractivity contribution in [1.82, 2.24) is 25.2 Å². The van der Waals surface area contributed by atoms with E-state index >= 15 is 0 Å². The second-order valence-electron chi connectivity index (χ2n) is 7.13. The zero-order valence-corrected chi connectivity index (χ0v) is 16.4. The van der Waals surface area contributed by atoms with E-state index < -0.39 is 0 Å². The average Bonchev–Trinajstić information content (AvgIpc) is 3.09. The van der Waals surface area contributed by atoms with Crippen LogP contribution in [0.1, 0.15) is 47.1 Å². The summed E-state index contributed by atoms with van der Waals surface area (Å²) < 4.78 is 7.11. The van der Waals surface area contributed by atoms with E-state index in [-0.39, 0.29) is 5.91 Å². The van der Waals surface area contributed by atoms with Gasteiger partial charge in [0.2, 0.25) is 0 Å². The summed E-state index contributed by atoms with van der Waals surface area (Å²) in [5, 5.41) is 11.8. The summed E-state index contributed by atoms with van der Waals surface area (Å²) in [4.78, 5) is 14.5. The molecule has 0 unspecified atom stereocenters. The Kier molecular flexibility index (Phi) is 6.45. The lowest BCUT2D eigenvalue weighted by Crippen LogP contribution is -2.31. The van der Waals surface area contributed by atoms with Crippen molar-refractivity contribution in [3.8, 4) is 5.75 Å². The topological polar surface area (TPSA) is 72.3 Å². The van der Waals surface area contributed by atoms with Gasteiger partial charge in [0, 0.05) is 13.6 Å². The van der Waals surface area contributed by atoms with Gasteiger partial charge in [0.05, 0.1) is 18.8 Å². The van der Waals surface area contributed by atoms with Crippen LogP contribution in [-0.2, 0) is 6.42 Å². The molecule has 2 aromatic rings. The molecule has 1 amide bonds. The number of methoxy groups -OCH3 is 1. The smallest absolute Gasteiger partial charge is 0.276 e. The van der Waals surface area contributed by atoms with Gasteiger partial charge < -0.3 is 15.0 Å².